The zero-order valence-electron chi connectivity index (χ0n) is 20.6. The third-order valence-electron chi connectivity index (χ3n) is 6.24. The van der Waals surface area contributed by atoms with Crippen molar-refractivity contribution in [2.75, 3.05) is 21.2 Å². The Morgan fingerprint density at radius 3 is 2.32 bits per heavy atom. The Hall–Kier alpha value is -3.55. The van der Waals surface area contributed by atoms with Crippen molar-refractivity contribution in [1.29, 1.82) is 0 Å². The number of methoxy groups -OCH3 is 1. The number of aromatic amines is 1. The normalized spacial score (nSPS) is 12.0. The van der Waals surface area contributed by atoms with Gasteiger partial charge < -0.3 is 14.6 Å². The highest BCUT2D eigenvalue weighted by Gasteiger charge is 2.20. The topological polar surface area (TPSA) is 62.4 Å². The maximum absolute atomic E-state index is 12.3. The van der Waals surface area contributed by atoms with Crippen molar-refractivity contribution >= 4 is 61.2 Å². The van der Waals surface area contributed by atoms with Crippen LogP contribution in [0, 0.1) is 0 Å². The predicted octanol–water partition coefficient (Wildman–Crippen LogP) is 7.45. The summed E-state index contributed by atoms with van der Waals surface area (Å²) in [4.78, 5) is 31.4. The van der Waals surface area contributed by atoms with E-state index in [2.05, 4.69) is 63.4 Å². The number of carbonyl (C=O) groups excluding carboxylic acids is 2. The van der Waals surface area contributed by atoms with E-state index in [1.807, 2.05) is 42.5 Å². The monoisotopic (exact) mass is 572 g/mol. The lowest BCUT2D eigenvalue weighted by molar-refractivity contribution is 0.0595. The van der Waals surface area contributed by atoms with E-state index in [0.29, 0.717) is 11.3 Å². The fourth-order valence-corrected chi connectivity index (χ4v) is 5.97. The molecule has 1 N–H and O–H groups in total. The molecule has 0 spiro atoms. The SMILES string of the molecule is COC(=O)c1cc2c(C(Br)c3ccc(C(=O)N(C)C)cc3)cc(Sc3ccc4ccccc4c3)cc2[nH]1. The zero-order chi connectivity index (χ0) is 26.1. The van der Waals surface area contributed by atoms with Gasteiger partial charge in [-0.1, -0.05) is 70.2 Å². The van der Waals surface area contributed by atoms with Gasteiger partial charge in [-0.25, -0.2) is 4.79 Å². The Morgan fingerprint density at radius 1 is 0.892 bits per heavy atom. The predicted molar refractivity (Wildman–Crippen MR) is 153 cm³/mol. The van der Waals surface area contributed by atoms with Crippen molar-refractivity contribution < 1.29 is 14.3 Å². The largest absolute Gasteiger partial charge is 0.464 e. The van der Waals surface area contributed by atoms with Crippen LogP contribution in [0.15, 0.2) is 94.7 Å². The molecular formula is C30H25BrN2O3S. The van der Waals surface area contributed by atoms with Crippen molar-refractivity contribution in [2.45, 2.75) is 14.6 Å². The first kappa shape index (κ1) is 25.1. The third-order valence-corrected chi connectivity index (χ3v) is 8.22. The van der Waals surface area contributed by atoms with Crippen LogP contribution in [0.1, 0.15) is 36.8 Å². The number of benzene rings is 4. The highest BCUT2D eigenvalue weighted by molar-refractivity contribution is 9.09. The number of esters is 1. The van der Waals surface area contributed by atoms with Gasteiger partial charge in [0.2, 0.25) is 0 Å². The molecule has 0 saturated heterocycles. The van der Waals surface area contributed by atoms with Gasteiger partial charge >= 0.3 is 5.97 Å². The van der Waals surface area contributed by atoms with Gasteiger partial charge in [0.05, 0.1) is 11.9 Å². The molecule has 0 aliphatic heterocycles. The number of hydrogen-bond donors (Lipinski definition) is 1. The maximum atomic E-state index is 12.3. The van der Waals surface area contributed by atoms with Crippen LogP contribution < -0.4 is 0 Å². The lowest BCUT2D eigenvalue weighted by Gasteiger charge is -2.16. The highest BCUT2D eigenvalue weighted by atomic mass is 79.9. The lowest BCUT2D eigenvalue weighted by Crippen LogP contribution is -2.21. The molecular weight excluding hydrogens is 548 g/mol. The van der Waals surface area contributed by atoms with Gasteiger partial charge in [-0.15, -0.1) is 0 Å². The van der Waals surface area contributed by atoms with Crippen LogP contribution in [0.25, 0.3) is 21.7 Å². The Labute approximate surface area is 227 Å². The molecule has 37 heavy (non-hydrogen) atoms. The van der Waals surface area contributed by atoms with Gasteiger partial charge in [-0.3, -0.25) is 4.79 Å². The molecule has 1 amide bonds. The lowest BCUT2D eigenvalue weighted by atomic mass is 10.00. The third kappa shape index (κ3) is 5.15. The minimum Gasteiger partial charge on any atom is -0.464 e. The number of aromatic nitrogens is 1. The van der Waals surface area contributed by atoms with Crippen molar-refractivity contribution in [3.63, 3.8) is 0 Å². The van der Waals surface area contributed by atoms with E-state index in [0.717, 1.165) is 31.8 Å². The van der Waals surface area contributed by atoms with Gasteiger partial charge in [-0.05, 0) is 64.4 Å². The van der Waals surface area contributed by atoms with E-state index in [1.165, 1.54) is 17.9 Å². The molecule has 1 atom stereocenters. The first-order valence-electron chi connectivity index (χ1n) is 11.7. The number of nitrogens with one attached hydrogen (secondary N) is 1. The van der Waals surface area contributed by atoms with E-state index in [-0.39, 0.29) is 10.7 Å². The molecule has 4 aromatic carbocycles. The summed E-state index contributed by atoms with van der Waals surface area (Å²) in [5, 5.41) is 3.32. The molecule has 1 aromatic heterocycles. The molecule has 0 aliphatic carbocycles. The summed E-state index contributed by atoms with van der Waals surface area (Å²) in [6.45, 7) is 0. The van der Waals surface area contributed by atoms with Crippen LogP contribution in [0.3, 0.4) is 0 Å². The first-order valence-corrected chi connectivity index (χ1v) is 13.4. The van der Waals surface area contributed by atoms with Crippen LogP contribution in [0.4, 0.5) is 0 Å². The zero-order valence-corrected chi connectivity index (χ0v) is 23.0. The van der Waals surface area contributed by atoms with Crippen LogP contribution >= 0.6 is 27.7 Å². The number of H-pyrrole nitrogens is 1. The Morgan fingerprint density at radius 2 is 1.62 bits per heavy atom. The second-order valence-corrected chi connectivity index (χ2v) is 11.0. The standard InChI is InChI=1S/C30H25BrN2O3S/c1-33(2)29(34)20-10-8-19(9-11-20)28(31)25-15-23(16-26-24(25)17-27(32-26)30(35)36-3)37-22-13-12-18-6-4-5-7-21(18)14-22/h4-17,28,32H,1-3H3. The molecule has 7 heteroatoms. The van der Waals surface area contributed by atoms with Crippen molar-refractivity contribution in [3.05, 3.63) is 107 Å². The average molecular weight is 574 g/mol. The quantitative estimate of drug-likeness (QED) is 0.169. The maximum Gasteiger partial charge on any atom is 0.354 e. The van der Waals surface area contributed by atoms with Crippen molar-refractivity contribution in [2.24, 2.45) is 0 Å². The van der Waals surface area contributed by atoms with Gasteiger partial charge in [0, 0.05) is 40.4 Å². The minimum absolute atomic E-state index is 0.0396. The van der Waals surface area contributed by atoms with Crippen LogP contribution in [0.5, 0.6) is 0 Å². The fourth-order valence-electron chi connectivity index (χ4n) is 4.33. The molecule has 1 heterocycles. The number of alkyl halides is 1. The van der Waals surface area contributed by atoms with Crippen LogP contribution in [0.2, 0.25) is 0 Å². The summed E-state index contributed by atoms with van der Waals surface area (Å²) in [6, 6.07) is 28.4. The van der Waals surface area contributed by atoms with E-state index in [1.54, 1.807) is 30.8 Å². The number of carbonyl (C=O) groups is 2. The second kappa shape index (κ2) is 10.4. The molecule has 0 radical (unpaired) electrons. The molecule has 0 bridgehead atoms. The smallest absolute Gasteiger partial charge is 0.354 e. The van der Waals surface area contributed by atoms with E-state index < -0.39 is 5.97 Å². The molecule has 5 nitrogen and oxygen atoms in total. The molecule has 0 saturated carbocycles. The molecule has 186 valence electrons. The molecule has 5 aromatic rings. The average Bonchev–Trinajstić information content (AvgIpc) is 3.35. The van der Waals surface area contributed by atoms with Crippen molar-refractivity contribution in [3.8, 4) is 0 Å². The second-order valence-electron chi connectivity index (χ2n) is 8.94. The van der Waals surface area contributed by atoms with Gasteiger partial charge in [0.1, 0.15) is 5.69 Å². The van der Waals surface area contributed by atoms with Gasteiger partial charge in [0.15, 0.2) is 0 Å². The van der Waals surface area contributed by atoms with E-state index in [4.69, 9.17) is 4.74 Å². The fraction of sp³-hybridized carbons (Fsp3) is 0.133. The Balaban J connectivity index is 1.56. The Kier molecular flexibility index (Phi) is 7.09. The number of ether oxygens (including phenoxy) is 1. The van der Waals surface area contributed by atoms with Gasteiger partial charge in [0.25, 0.3) is 5.91 Å². The summed E-state index contributed by atoms with van der Waals surface area (Å²) >= 11 is 5.56. The van der Waals surface area contributed by atoms with E-state index >= 15 is 0 Å². The van der Waals surface area contributed by atoms with Crippen molar-refractivity contribution in [1.82, 2.24) is 9.88 Å². The van der Waals surface area contributed by atoms with Crippen LogP contribution in [-0.2, 0) is 4.74 Å². The molecule has 5 rings (SSSR count). The summed E-state index contributed by atoms with van der Waals surface area (Å²) in [5.74, 6) is -0.453. The number of nitrogens with zero attached hydrogens (tertiary/aromatic N) is 1. The summed E-state index contributed by atoms with van der Waals surface area (Å²) in [5.41, 5.74) is 3.90. The highest BCUT2D eigenvalue weighted by Crippen LogP contribution is 2.40. The van der Waals surface area contributed by atoms with Gasteiger partial charge in [-0.2, -0.15) is 0 Å². The number of amides is 1. The molecule has 1 unspecified atom stereocenters. The number of rotatable bonds is 6. The number of halogens is 1. The summed E-state index contributed by atoms with van der Waals surface area (Å²) < 4.78 is 4.95. The summed E-state index contributed by atoms with van der Waals surface area (Å²) in [6.07, 6.45) is 0. The van der Waals surface area contributed by atoms with E-state index in [9.17, 15) is 9.59 Å². The number of hydrogen-bond acceptors (Lipinski definition) is 4. The first-order chi connectivity index (χ1) is 17.8. The Bertz CT molecular complexity index is 1630. The molecule has 0 fully saturated rings. The minimum atomic E-state index is -0.413. The number of fused-ring (bicyclic) bond motifs is 2. The van der Waals surface area contributed by atoms with Crippen LogP contribution in [-0.4, -0.2) is 43.0 Å². The molecule has 0 aliphatic rings. The summed E-state index contributed by atoms with van der Waals surface area (Å²) in [7, 11) is 4.85.